The summed E-state index contributed by atoms with van der Waals surface area (Å²) in [5.74, 6) is -0.220. The molecule has 0 heterocycles. The SMILES string of the molecule is CC(C)Oc1ccc(C(C)NC(=O)C(N)CC(N)=O)cc1.Cl. The quantitative estimate of drug-likeness (QED) is 0.700. The molecule has 5 N–H and O–H groups in total. The fraction of sp³-hybridized carbons (Fsp3) is 0.467. The topological polar surface area (TPSA) is 107 Å². The lowest BCUT2D eigenvalue weighted by molar-refractivity contribution is -0.126. The van der Waals surface area contributed by atoms with Crippen LogP contribution in [0.2, 0.25) is 0 Å². The number of halogens is 1. The zero-order valence-electron chi connectivity index (χ0n) is 13.0. The molecular weight excluding hydrogens is 306 g/mol. The van der Waals surface area contributed by atoms with Gasteiger partial charge in [0.1, 0.15) is 5.75 Å². The number of carbonyl (C=O) groups is 2. The summed E-state index contributed by atoms with van der Waals surface area (Å²) in [5.41, 5.74) is 11.5. The summed E-state index contributed by atoms with van der Waals surface area (Å²) < 4.78 is 5.55. The molecule has 7 heteroatoms. The Balaban J connectivity index is 0.00000441. The zero-order valence-corrected chi connectivity index (χ0v) is 13.9. The Hall–Kier alpha value is -1.79. The van der Waals surface area contributed by atoms with Crippen LogP contribution >= 0.6 is 12.4 Å². The van der Waals surface area contributed by atoms with Gasteiger partial charge in [0.25, 0.3) is 0 Å². The maximum absolute atomic E-state index is 11.8. The normalized spacial score (nSPS) is 13.0. The Kier molecular flexibility index (Phi) is 8.52. The van der Waals surface area contributed by atoms with E-state index in [9.17, 15) is 9.59 Å². The maximum atomic E-state index is 11.8. The van der Waals surface area contributed by atoms with Crippen molar-refractivity contribution in [3.8, 4) is 5.75 Å². The van der Waals surface area contributed by atoms with Crippen molar-refractivity contribution in [2.24, 2.45) is 11.5 Å². The van der Waals surface area contributed by atoms with Crippen molar-refractivity contribution in [3.05, 3.63) is 29.8 Å². The number of primary amides is 1. The average Bonchev–Trinajstić information content (AvgIpc) is 2.37. The van der Waals surface area contributed by atoms with Crippen LogP contribution in [-0.2, 0) is 9.59 Å². The molecule has 1 rings (SSSR count). The number of hydrogen-bond donors (Lipinski definition) is 3. The van der Waals surface area contributed by atoms with E-state index in [1.54, 1.807) is 0 Å². The van der Waals surface area contributed by atoms with Crippen LogP contribution in [0.15, 0.2) is 24.3 Å². The number of carbonyl (C=O) groups excluding carboxylic acids is 2. The van der Waals surface area contributed by atoms with Crippen LogP contribution < -0.4 is 21.5 Å². The summed E-state index contributed by atoms with van der Waals surface area (Å²) >= 11 is 0. The van der Waals surface area contributed by atoms with Crippen molar-refractivity contribution in [2.45, 2.75) is 45.4 Å². The molecule has 0 spiro atoms. The Bertz CT molecular complexity index is 491. The van der Waals surface area contributed by atoms with E-state index >= 15 is 0 Å². The van der Waals surface area contributed by atoms with Gasteiger partial charge in [0, 0.05) is 0 Å². The number of benzene rings is 1. The van der Waals surface area contributed by atoms with Gasteiger partial charge in [-0.2, -0.15) is 0 Å². The van der Waals surface area contributed by atoms with Crippen LogP contribution in [0, 0.1) is 0 Å². The molecule has 124 valence electrons. The fourth-order valence-corrected chi connectivity index (χ4v) is 1.82. The van der Waals surface area contributed by atoms with Crippen LogP contribution in [0.1, 0.15) is 38.8 Å². The molecule has 0 radical (unpaired) electrons. The second kappa shape index (κ2) is 9.27. The first kappa shape index (κ1) is 20.2. The van der Waals surface area contributed by atoms with Gasteiger partial charge in [0.15, 0.2) is 0 Å². The number of rotatable bonds is 7. The zero-order chi connectivity index (χ0) is 16.0. The Labute approximate surface area is 137 Å². The van der Waals surface area contributed by atoms with Crippen molar-refractivity contribution < 1.29 is 14.3 Å². The lowest BCUT2D eigenvalue weighted by atomic mass is 10.1. The van der Waals surface area contributed by atoms with Gasteiger partial charge in [-0.1, -0.05) is 12.1 Å². The molecule has 0 aromatic heterocycles. The van der Waals surface area contributed by atoms with Crippen LogP contribution in [0.5, 0.6) is 5.75 Å². The highest BCUT2D eigenvalue weighted by Gasteiger charge is 2.18. The second-order valence-electron chi connectivity index (χ2n) is 5.24. The van der Waals surface area contributed by atoms with Crippen LogP contribution in [0.3, 0.4) is 0 Å². The van der Waals surface area contributed by atoms with Gasteiger partial charge < -0.3 is 21.5 Å². The molecule has 6 nitrogen and oxygen atoms in total. The van der Waals surface area contributed by atoms with Gasteiger partial charge in [-0.25, -0.2) is 0 Å². The lowest BCUT2D eigenvalue weighted by Gasteiger charge is -2.18. The van der Waals surface area contributed by atoms with E-state index in [1.165, 1.54) is 0 Å². The molecule has 2 atom stereocenters. The van der Waals surface area contributed by atoms with Gasteiger partial charge in [-0.05, 0) is 38.5 Å². The fourth-order valence-electron chi connectivity index (χ4n) is 1.82. The number of ether oxygens (including phenoxy) is 1. The highest BCUT2D eigenvalue weighted by atomic mass is 35.5. The van der Waals surface area contributed by atoms with Gasteiger partial charge in [0.2, 0.25) is 11.8 Å². The van der Waals surface area contributed by atoms with Crippen LogP contribution in [0.4, 0.5) is 0 Å². The predicted molar refractivity (Wildman–Crippen MR) is 87.8 cm³/mol. The summed E-state index contributed by atoms with van der Waals surface area (Å²) in [6, 6.07) is 6.31. The lowest BCUT2D eigenvalue weighted by Crippen LogP contribution is -2.43. The third-order valence-electron chi connectivity index (χ3n) is 2.87. The first-order valence-electron chi connectivity index (χ1n) is 6.90. The monoisotopic (exact) mass is 329 g/mol. The van der Waals surface area contributed by atoms with E-state index in [4.69, 9.17) is 16.2 Å². The third-order valence-corrected chi connectivity index (χ3v) is 2.87. The predicted octanol–water partition coefficient (Wildman–Crippen LogP) is 1.28. The van der Waals surface area contributed by atoms with Gasteiger partial charge in [-0.15, -0.1) is 12.4 Å². The molecule has 22 heavy (non-hydrogen) atoms. The molecule has 0 bridgehead atoms. The van der Waals surface area contributed by atoms with Crippen molar-refractivity contribution in [2.75, 3.05) is 0 Å². The standard InChI is InChI=1S/C15H23N3O3.ClH/c1-9(2)21-12-6-4-11(5-7-12)10(3)18-15(20)13(16)8-14(17)19;/h4-7,9-10,13H,8,16H2,1-3H3,(H2,17,19)(H,18,20);1H. The number of nitrogens with one attached hydrogen (secondary N) is 1. The molecule has 0 saturated heterocycles. The van der Waals surface area contributed by atoms with Crippen molar-refractivity contribution >= 4 is 24.2 Å². The minimum Gasteiger partial charge on any atom is -0.491 e. The molecule has 2 unspecified atom stereocenters. The molecule has 0 aliphatic heterocycles. The Morgan fingerprint density at radius 2 is 1.73 bits per heavy atom. The maximum Gasteiger partial charge on any atom is 0.237 e. The van der Waals surface area contributed by atoms with Gasteiger partial charge in [0.05, 0.1) is 24.6 Å². The third kappa shape index (κ3) is 6.78. The number of hydrogen-bond acceptors (Lipinski definition) is 4. The Morgan fingerprint density at radius 1 is 1.18 bits per heavy atom. The molecule has 1 aromatic rings. The second-order valence-corrected chi connectivity index (χ2v) is 5.24. The van der Waals surface area contributed by atoms with E-state index in [1.807, 2.05) is 45.0 Å². The molecule has 2 amide bonds. The van der Waals surface area contributed by atoms with E-state index in [0.29, 0.717) is 0 Å². The summed E-state index contributed by atoms with van der Waals surface area (Å²) in [6.07, 6.45) is -0.0560. The van der Waals surface area contributed by atoms with Crippen LogP contribution in [0.25, 0.3) is 0 Å². The first-order valence-corrected chi connectivity index (χ1v) is 6.90. The summed E-state index contributed by atoms with van der Waals surface area (Å²) in [7, 11) is 0. The highest BCUT2D eigenvalue weighted by molar-refractivity contribution is 5.87. The number of amides is 2. The van der Waals surface area contributed by atoms with E-state index in [-0.39, 0.29) is 31.0 Å². The largest absolute Gasteiger partial charge is 0.491 e. The molecule has 1 aromatic carbocycles. The van der Waals surface area contributed by atoms with Crippen molar-refractivity contribution in [1.82, 2.24) is 5.32 Å². The van der Waals surface area contributed by atoms with E-state index in [2.05, 4.69) is 5.32 Å². The summed E-state index contributed by atoms with van der Waals surface area (Å²) in [5, 5.41) is 2.75. The van der Waals surface area contributed by atoms with Gasteiger partial charge >= 0.3 is 0 Å². The van der Waals surface area contributed by atoms with E-state index < -0.39 is 17.9 Å². The Morgan fingerprint density at radius 3 is 2.18 bits per heavy atom. The summed E-state index contributed by atoms with van der Waals surface area (Å²) in [6.45, 7) is 5.75. The smallest absolute Gasteiger partial charge is 0.237 e. The minimum absolute atomic E-state index is 0. The van der Waals surface area contributed by atoms with Crippen molar-refractivity contribution in [3.63, 3.8) is 0 Å². The average molecular weight is 330 g/mol. The van der Waals surface area contributed by atoms with Crippen molar-refractivity contribution in [1.29, 1.82) is 0 Å². The van der Waals surface area contributed by atoms with Gasteiger partial charge in [-0.3, -0.25) is 9.59 Å². The van der Waals surface area contributed by atoms with Crippen LogP contribution in [-0.4, -0.2) is 24.0 Å². The molecule has 0 aliphatic carbocycles. The highest BCUT2D eigenvalue weighted by Crippen LogP contribution is 2.18. The summed E-state index contributed by atoms with van der Waals surface area (Å²) in [4.78, 5) is 22.5. The molecule has 0 aliphatic rings. The molecule has 0 saturated carbocycles. The molecular formula is C15H24ClN3O3. The first-order chi connectivity index (χ1) is 9.79. The number of nitrogens with two attached hydrogens (primary N) is 2. The van der Waals surface area contributed by atoms with E-state index in [0.717, 1.165) is 11.3 Å². The molecule has 0 fully saturated rings. The minimum atomic E-state index is -0.923.